The van der Waals surface area contributed by atoms with Gasteiger partial charge in [0.1, 0.15) is 0 Å². The number of ether oxygens (including phenoxy) is 1. The third kappa shape index (κ3) is 5.10. The quantitative estimate of drug-likeness (QED) is 0.657. The van der Waals surface area contributed by atoms with E-state index in [1.165, 1.54) is 34.2 Å². The van der Waals surface area contributed by atoms with E-state index >= 15 is 0 Å². The molecule has 0 unspecified atom stereocenters. The summed E-state index contributed by atoms with van der Waals surface area (Å²) < 4.78 is 34.1. The Labute approximate surface area is 164 Å². The number of alkyl halides is 2. The molecule has 28 heavy (non-hydrogen) atoms. The Morgan fingerprint density at radius 2 is 2.29 bits per heavy atom. The maximum absolute atomic E-state index is 14.0. The molecule has 11 heteroatoms. The lowest BCUT2D eigenvalue weighted by molar-refractivity contribution is -0.132. The number of carbonyl (C=O) groups is 2. The first-order valence-corrected chi connectivity index (χ1v) is 9.63. The van der Waals surface area contributed by atoms with Gasteiger partial charge in [-0.1, -0.05) is 11.3 Å². The summed E-state index contributed by atoms with van der Waals surface area (Å²) in [7, 11) is 1.52. The van der Waals surface area contributed by atoms with Crippen molar-refractivity contribution in [2.24, 2.45) is 0 Å². The Morgan fingerprint density at radius 3 is 3.00 bits per heavy atom. The molecule has 1 aliphatic heterocycles. The lowest BCUT2D eigenvalue weighted by Gasteiger charge is -2.23. The number of likely N-dealkylation sites (tertiary alicyclic amines) is 1. The topological polar surface area (TPSA) is 89.4 Å². The first kappa shape index (κ1) is 20.3. The summed E-state index contributed by atoms with van der Waals surface area (Å²) in [5.74, 6) is -3.72. The number of aromatic nitrogens is 3. The fourth-order valence-electron chi connectivity index (χ4n) is 3.08. The molecule has 8 nitrogen and oxygen atoms in total. The van der Waals surface area contributed by atoms with Crippen LogP contribution in [0, 0.1) is 0 Å². The van der Waals surface area contributed by atoms with Gasteiger partial charge in [-0.05, 0) is 11.4 Å². The van der Waals surface area contributed by atoms with E-state index in [0.717, 1.165) is 4.88 Å². The number of hydrogen-bond acceptors (Lipinski definition) is 6. The van der Waals surface area contributed by atoms with Crippen molar-refractivity contribution >= 4 is 23.2 Å². The van der Waals surface area contributed by atoms with E-state index < -0.39 is 30.8 Å². The molecule has 1 atom stereocenters. The van der Waals surface area contributed by atoms with Gasteiger partial charge >= 0.3 is 0 Å². The van der Waals surface area contributed by atoms with Crippen LogP contribution in [0.5, 0.6) is 0 Å². The second-order valence-corrected chi connectivity index (χ2v) is 7.60. The van der Waals surface area contributed by atoms with Crippen molar-refractivity contribution in [3.8, 4) is 0 Å². The zero-order chi connectivity index (χ0) is 20.1. The minimum atomic E-state index is -2.95. The van der Waals surface area contributed by atoms with Crippen molar-refractivity contribution in [3.05, 3.63) is 34.3 Å². The number of halogens is 2. The van der Waals surface area contributed by atoms with Crippen LogP contribution in [0.4, 0.5) is 8.78 Å². The minimum absolute atomic E-state index is 0.0458. The van der Waals surface area contributed by atoms with Crippen LogP contribution in [0.2, 0.25) is 0 Å². The van der Waals surface area contributed by atoms with Crippen LogP contribution in [0.25, 0.3) is 0 Å². The summed E-state index contributed by atoms with van der Waals surface area (Å²) in [6.45, 7) is 0.117. The van der Waals surface area contributed by atoms with E-state index in [4.69, 9.17) is 4.74 Å². The highest BCUT2D eigenvalue weighted by molar-refractivity contribution is 7.10. The predicted molar refractivity (Wildman–Crippen MR) is 97.3 cm³/mol. The molecule has 3 rings (SSSR count). The van der Waals surface area contributed by atoms with Crippen molar-refractivity contribution in [1.29, 1.82) is 0 Å². The molecule has 0 saturated carbocycles. The zero-order valence-corrected chi connectivity index (χ0v) is 16.1. The molecular weight excluding hydrogens is 392 g/mol. The van der Waals surface area contributed by atoms with Crippen molar-refractivity contribution in [2.45, 2.75) is 31.4 Å². The van der Waals surface area contributed by atoms with Gasteiger partial charge in [-0.15, -0.1) is 16.4 Å². The molecule has 3 heterocycles. The maximum Gasteiger partial charge on any atom is 0.273 e. The van der Waals surface area contributed by atoms with Gasteiger partial charge in [0, 0.05) is 25.0 Å². The zero-order valence-electron chi connectivity index (χ0n) is 15.3. The predicted octanol–water partition coefficient (Wildman–Crippen LogP) is 1.19. The molecule has 152 valence electrons. The lowest BCUT2D eigenvalue weighted by atomic mass is 10.2. The third-order valence-electron chi connectivity index (χ3n) is 4.36. The van der Waals surface area contributed by atoms with Gasteiger partial charge < -0.3 is 15.0 Å². The fourth-order valence-corrected chi connectivity index (χ4v) is 3.78. The van der Waals surface area contributed by atoms with Crippen LogP contribution in [0.15, 0.2) is 23.7 Å². The summed E-state index contributed by atoms with van der Waals surface area (Å²) in [6, 6.07) is 2.91. The van der Waals surface area contributed by atoms with Crippen molar-refractivity contribution < 1.29 is 23.1 Å². The Kier molecular flexibility index (Phi) is 6.35. The molecule has 1 aliphatic rings. The van der Waals surface area contributed by atoms with Crippen LogP contribution in [-0.4, -0.2) is 70.5 Å². The molecule has 2 amide bonds. The molecule has 2 aromatic heterocycles. The SMILES string of the molecule is COCCNC(=O)c1cn(C[C@@H]2CC(F)(F)CN2C(=O)Cc2cccs2)nn1. The lowest BCUT2D eigenvalue weighted by Crippen LogP contribution is -2.39. The van der Waals surface area contributed by atoms with E-state index in [9.17, 15) is 18.4 Å². The van der Waals surface area contributed by atoms with Gasteiger partial charge in [-0.25, -0.2) is 13.5 Å². The summed E-state index contributed by atoms with van der Waals surface area (Å²) in [5.41, 5.74) is 0.0809. The molecule has 0 aromatic carbocycles. The first-order valence-electron chi connectivity index (χ1n) is 8.75. The Hall–Kier alpha value is -2.40. The van der Waals surface area contributed by atoms with Gasteiger partial charge in [0.15, 0.2) is 5.69 Å². The number of nitrogens with zero attached hydrogens (tertiary/aromatic N) is 4. The van der Waals surface area contributed by atoms with Gasteiger partial charge in [-0.2, -0.15) is 0 Å². The van der Waals surface area contributed by atoms with Crippen molar-refractivity contribution in [3.63, 3.8) is 0 Å². The number of carbonyl (C=O) groups excluding carboxylic acids is 2. The second-order valence-electron chi connectivity index (χ2n) is 6.57. The fraction of sp³-hybridized carbons (Fsp3) is 0.529. The van der Waals surface area contributed by atoms with E-state index in [0.29, 0.717) is 13.2 Å². The van der Waals surface area contributed by atoms with Crippen molar-refractivity contribution in [1.82, 2.24) is 25.2 Å². The van der Waals surface area contributed by atoms with E-state index in [1.54, 1.807) is 6.07 Å². The highest BCUT2D eigenvalue weighted by Gasteiger charge is 2.47. The molecule has 1 saturated heterocycles. The summed E-state index contributed by atoms with van der Waals surface area (Å²) in [5, 5.41) is 12.1. The molecule has 0 aliphatic carbocycles. The molecular formula is C17H21F2N5O3S. The van der Waals surface area contributed by atoms with Gasteiger partial charge in [0.05, 0.1) is 38.4 Å². The Balaban J connectivity index is 1.64. The summed E-state index contributed by atoms with van der Waals surface area (Å²) in [4.78, 5) is 26.5. The maximum atomic E-state index is 14.0. The van der Waals surface area contributed by atoms with E-state index in [1.807, 2.05) is 11.4 Å². The Morgan fingerprint density at radius 1 is 1.46 bits per heavy atom. The molecule has 1 fully saturated rings. The number of rotatable bonds is 8. The van der Waals surface area contributed by atoms with Gasteiger partial charge in [0.25, 0.3) is 11.8 Å². The highest BCUT2D eigenvalue weighted by Crippen LogP contribution is 2.33. The number of thiophene rings is 1. The smallest absolute Gasteiger partial charge is 0.273 e. The second kappa shape index (κ2) is 8.74. The van der Waals surface area contributed by atoms with Crippen LogP contribution in [0.1, 0.15) is 21.8 Å². The largest absolute Gasteiger partial charge is 0.383 e. The number of hydrogen-bond donors (Lipinski definition) is 1. The first-order chi connectivity index (χ1) is 13.4. The normalized spacial score (nSPS) is 18.4. The summed E-state index contributed by atoms with van der Waals surface area (Å²) >= 11 is 1.41. The third-order valence-corrected chi connectivity index (χ3v) is 5.24. The average molecular weight is 413 g/mol. The van der Waals surface area contributed by atoms with E-state index in [-0.39, 0.29) is 24.6 Å². The number of nitrogens with one attached hydrogen (secondary N) is 1. The highest BCUT2D eigenvalue weighted by atomic mass is 32.1. The van der Waals surface area contributed by atoms with Crippen LogP contribution in [-0.2, 0) is 22.5 Å². The van der Waals surface area contributed by atoms with Crippen molar-refractivity contribution in [2.75, 3.05) is 26.8 Å². The molecule has 2 aromatic rings. The molecule has 0 spiro atoms. The number of methoxy groups -OCH3 is 1. The van der Waals surface area contributed by atoms with Crippen LogP contribution in [0.3, 0.4) is 0 Å². The minimum Gasteiger partial charge on any atom is -0.383 e. The molecule has 0 radical (unpaired) electrons. The summed E-state index contributed by atoms with van der Waals surface area (Å²) in [6.07, 6.45) is 1.04. The molecule has 1 N–H and O–H groups in total. The van der Waals surface area contributed by atoms with Crippen LogP contribution < -0.4 is 5.32 Å². The standard InChI is InChI=1S/C17H21F2N5O3S/c1-27-5-4-20-16(26)14-10-23(22-21-14)9-12-8-17(18,19)11-24(12)15(25)7-13-3-2-6-28-13/h2-3,6,10,12H,4-5,7-9,11H2,1H3,(H,20,26)/t12-/m0/s1. The Bertz CT molecular complexity index is 812. The molecule has 0 bridgehead atoms. The van der Waals surface area contributed by atoms with Gasteiger partial charge in [-0.3, -0.25) is 9.59 Å². The average Bonchev–Trinajstić information content (AvgIpc) is 3.36. The van der Waals surface area contributed by atoms with Gasteiger partial charge in [0.2, 0.25) is 5.91 Å². The number of amides is 2. The van der Waals surface area contributed by atoms with E-state index in [2.05, 4.69) is 15.6 Å². The van der Waals surface area contributed by atoms with Crippen LogP contribution >= 0.6 is 11.3 Å². The monoisotopic (exact) mass is 413 g/mol.